The van der Waals surface area contributed by atoms with Gasteiger partial charge in [-0.15, -0.1) is 0 Å². The fourth-order valence-corrected chi connectivity index (χ4v) is 1.46. The average molecular weight is 278 g/mol. The molecular formula is C9H11IO2. The summed E-state index contributed by atoms with van der Waals surface area (Å²) in [6.45, 7) is 3.87. The van der Waals surface area contributed by atoms with Gasteiger partial charge in [0.05, 0.1) is 9.67 Å². The van der Waals surface area contributed by atoms with E-state index in [9.17, 15) is 5.11 Å². The molecule has 1 rings (SSSR count). The molecule has 0 saturated heterocycles. The molecule has 12 heavy (non-hydrogen) atoms. The van der Waals surface area contributed by atoms with Crippen molar-refractivity contribution in [1.82, 2.24) is 0 Å². The van der Waals surface area contributed by atoms with E-state index in [2.05, 4.69) is 22.6 Å². The van der Waals surface area contributed by atoms with E-state index in [1.165, 1.54) is 0 Å². The Labute approximate surface area is 85.7 Å². The van der Waals surface area contributed by atoms with E-state index in [1.807, 2.05) is 19.9 Å². The van der Waals surface area contributed by atoms with Crippen molar-refractivity contribution >= 4 is 22.6 Å². The molecule has 0 unspecified atom stereocenters. The SMILES string of the molecule is CC(C)Oc1c(O)cccc1I. The van der Waals surface area contributed by atoms with Gasteiger partial charge in [0.25, 0.3) is 0 Å². The highest BCUT2D eigenvalue weighted by molar-refractivity contribution is 14.1. The molecule has 1 aromatic rings. The second-order valence-electron chi connectivity index (χ2n) is 2.75. The second-order valence-corrected chi connectivity index (χ2v) is 3.92. The predicted molar refractivity (Wildman–Crippen MR) is 56.6 cm³/mol. The Kier molecular flexibility index (Phi) is 3.20. The lowest BCUT2D eigenvalue weighted by Crippen LogP contribution is -2.06. The number of halogens is 1. The Hall–Kier alpha value is -0.450. The van der Waals surface area contributed by atoms with Crippen LogP contribution in [0.25, 0.3) is 0 Å². The van der Waals surface area contributed by atoms with E-state index < -0.39 is 0 Å². The summed E-state index contributed by atoms with van der Waals surface area (Å²) < 4.78 is 6.35. The molecule has 1 aromatic carbocycles. The number of para-hydroxylation sites is 1. The third-order valence-electron chi connectivity index (χ3n) is 1.30. The van der Waals surface area contributed by atoms with Gasteiger partial charge in [0.1, 0.15) is 0 Å². The zero-order valence-corrected chi connectivity index (χ0v) is 9.20. The summed E-state index contributed by atoms with van der Waals surface area (Å²) in [6, 6.07) is 5.32. The molecule has 0 aliphatic heterocycles. The summed E-state index contributed by atoms with van der Waals surface area (Å²) in [5.41, 5.74) is 0. The number of benzene rings is 1. The third kappa shape index (κ3) is 2.27. The minimum atomic E-state index is 0.0896. The number of phenols is 1. The highest BCUT2D eigenvalue weighted by Crippen LogP contribution is 2.31. The zero-order chi connectivity index (χ0) is 9.14. The molecule has 0 fully saturated rings. The maximum atomic E-state index is 9.41. The fraction of sp³-hybridized carbons (Fsp3) is 0.333. The van der Waals surface area contributed by atoms with Gasteiger partial charge in [-0.25, -0.2) is 0 Å². The van der Waals surface area contributed by atoms with E-state index in [1.54, 1.807) is 12.1 Å². The molecule has 2 nitrogen and oxygen atoms in total. The lowest BCUT2D eigenvalue weighted by Gasteiger charge is -2.12. The molecule has 66 valence electrons. The molecule has 0 spiro atoms. The van der Waals surface area contributed by atoms with Crippen LogP contribution in [0, 0.1) is 3.57 Å². The van der Waals surface area contributed by atoms with Crippen molar-refractivity contribution in [3.63, 3.8) is 0 Å². The summed E-state index contributed by atoms with van der Waals surface area (Å²) in [4.78, 5) is 0. The minimum absolute atomic E-state index is 0.0896. The number of hydrogen-bond acceptors (Lipinski definition) is 2. The lowest BCUT2D eigenvalue weighted by molar-refractivity contribution is 0.230. The molecular weight excluding hydrogens is 267 g/mol. The highest BCUT2D eigenvalue weighted by Gasteiger charge is 2.07. The molecule has 0 amide bonds. The minimum Gasteiger partial charge on any atom is -0.504 e. The summed E-state index contributed by atoms with van der Waals surface area (Å²) in [7, 11) is 0. The van der Waals surface area contributed by atoms with Crippen molar-refractivity contribution in [2.45, 2.75) is 20.0 Å². The topological polar surface area (TPSA) is 29.5 Å². The Morgan fingerprint density at radius 2 is 2.08 bits per heavy atom. The normalized spacial score (nSPS) is 10.3. The molecule has 0 aliphatic rings. The van der Waals surface area contributed by atoms with Crippen LogP contribution in [0.15, 0.2) is 18.2 Å². The molecule has 0 radical (unpaired) electrons. The lowest BCUT2D eigenvalue weighted by atomic mass is 10.3. The molecule has 0 bridgehead atoms. The van der Waals surface area contributed by atoms with Crippen LogP contribution in [0.1, 0.15) is 13.8 Å². The van der Waals surface area contributed by atoms with Gasteiger partial charge in [-0.05, 0) is 48.6 Å². The first-order chi connectivity index (χ1) is 5.61. The van der Waals surface area contributed by atoms with Crippen molar-refractivity contribution in [2.75, 3.05) is 0 Å². The number of ether oxygens (including phenoxy) is 1. The summed E-state index contributed by atoms with van der Waals surface area (Å²) in [5, 5.41) is 9.41. The fourth-order valence-electron chi connectivity index (χ4n) is 0.850. The van der Waals surface area contributed by atoms with Crippen molar-refractivity contribution in [3.8, 4) is 11.5 Å². The van der Waals surface area contributed by atoms with Crippen molar-refractivity contribution in [2.24, 2.45) is 0 Å². The summed E-state index contributed by atoms with van der Waals surface area (Å²) >= 11 is 2.13. The van der Waals surface area contributed by atoms with Gasteiger partial charge in [-0.3, -0.25) is 0 Å². The van der Waals surface area contributed by atoms with Crippen LogP contribution in [0.4, 0.5) is 0 Å². The monoisotopic (exact) mass is 278 g/mol. The first-order valence-electron chi connectivity index (χ1n) is 3.75. The smallest absolute Gasteiger partial charge is 0.174 e. The van der Waals surface area contributed by atoms with Crippen molar-refractivity contribution < 1.29 is 9.84 Å². The van der Waals surface area contributed by atoms with Crippen LogP contribution < -0.4 is 4.74 Å². The number of phenolic OH excluding ortho intramolecular Hbond substituents is 1. The van der Waals surface area contributed by atoms with Crippen LogP contribution >= 0.6 is 22.6 Å². The molecule has 0 aromatic heterocycles. The molecule has 3 heteroatoms. The number of hydrogen-bond donors (Lipinski definition) is 1. The Balaban J connectivity index is 2.96. The molecule has 0 heterocycles. The second kappa shape index (κ2) is 3.98. The Morgan fingerprint density at radius 3 is 2.58 bits per heavy atom. The maximum absolute atomic E-state index is 9.41. The standard InChI is InChI=1S/C9H11IO2/c1-6(2)12-9-7(10)4-3-5-8(9)11/h3-6,11H,1-2H3. The first kappa shape index (κ1) is 9.64. The van der Waals surface area contributed by atoms with E-state index in [0.717, 1.165) is 3.57 Å². The van der Waals surface area contributed by atoms with E-state index in [0.29, 0.717) is 5.75 Å². The van der Waals surface area contributed by atoms with E-state index in [4.69, 9.17) is 4.74 Å². The third-order valence-corrected chi connectivity index (χ3v) is 2.15. The average Bonchev–Trinajstić information content (AvgIpc) is 1.97. The van der Waals surface area contributed by atoms with Gasteiger partial charge in [-0.2, -0.15) is 0 Å². The van der Waals surface area contributed by atoms with Crippen LogP contribution in [0.3, 0.4) is 0 Å². The first-order valence-corrected chi connectivity index (χ1v) is 4.83. The zero-order valence-electron chi connectivity index (χ0n) is 7.04. The number of aromatic hydroxyl groups is 1. The van der Waals surface area contributed by atoms with E-state index >= 15 is 0 Å². The summed E-state index contributed by atoms with van der Waals surface area (Å²) in [5.74, 6) is 0.781. The largest absolute Gasteiger partial charge is 0.504 e. The molecule has 0 atom stereocenters. The summed E-state index contributed by atoms with van der Waals surface area (Å²) in [6.07, 6.45) is 0.0896. The van der Waals surface area contributed by atoms with Crippen LogP contribution in [0.5, 0.6) is 11.5 Å². The van der Waals surface area contributed by atoms with Crippen LogP contribution in [-0.2, 0) is 0 Å². The van der Waals surface area contributed by atoms with Crippen LogP contribution in [-0.4, -0.2) is 11.2 Å². The quantitative estimate of drug-likeness (QED) is 0.843. The van der Waals surface area contributed by atoms with Gasteiger partial charge < -0.3 is 9.84 Å². The molecule has 1 N–H and O–H groups in total. The Morgan fingerprint density at radius 1 is 1.42 bits per heavy atom. The highest BCUT2D eigenvalue weighted by atomic mass is 127. The van der Waals surface area contributed by atoms with Gasteiger partial charge in [0.2, 0.25) is 0 Å². The van der Waals surface area contributed by atoms with Crippen molar-refractivity contribution in [1.29, 1.82) is 0 Å². The Bertz CT molecular complexity index is 251. The molecule has 0 saturated carbocycles. The van der Waals surface area contributed by atoms with Gasteiger partial charge in [0.15, 0.2) is 11.5 Å². The van der Waals surface area contributed by atoms with Crippen LogP contribution in [0.2, 0.25) is 0 Å². The van der Waals surface area contributed by atoms with Gasteiger partial charge in [0, 0.05) is 0 Å². The maximum Gasteiger partial charge on any atom is 0.174 e. The van der Waals surface area contributed by atoms with Gasteiger partial charge >= 0.3 is 0 Å². The van der Waals surface area contributed by atoms with Gasteiger partial charge in [-0.1, -0.05) is 6.07 Å². The molecule has 0 aliphatic carbocycles. The predicted octanol–water partition coefficient (Wildman–Crippen LogP) is 2.78. The van der Waals surface area contributed by atoms with Crippen molar-refractivity contribution in [3.05, 3.63) is 21.8 Å². The van der Waals surface area contributed by atoms with E-state index in [-0.39, 0.29) is 11.9 Å². The number of rotatable bonds is 2.